The molecule has 0 bridgehead atoms. The lowest BCUT2D eigenvalue weighted by Gasteiger charge is -2.37. The molecular formula is C23H26N4O2. The number of amides is 1. The number of nitrogens with zero attached hydrogens (tertiary/aromatic N) is 2. The summed E-state index contributed by atoms with van der Waals surface area (Å²) in [7, 11) is 1.72. The lowest BCUT2D eigenvalue weighted by molar-refractivity contribution is 0.0512. The Hall–Kier alpha value is -2.83. The van der Waals surface area contributed by atoms with Crippen molar-refractivity contribution < 1.29 is 9.53 Å². The predicted molar refractivity (Wildman–Crippen MR) is 114 cm³/mol. The van der Waals surface area contributed by atoms with E-state index in [1.54, 1.807) is 19.5 Å². The molecule has 0 unspecified atom stereocenters. The minimum Gasteiger partial charge on any atom is -0.384 e. The number of ether oxygens (including phenoxy) is 1. The topological polar surface area (TPSA) is 76.1 Å². The largest absolute Gasteiger partial charge is 0.384 e. The fraction of sp³-hybridized carbons (Fsp3) is 0.348. The van der Waals surface area contributed by atoms with Crippen LogP contribution in [0.25, 0.3) is 22.2 Å². The molecule has 0 saturated carbocycles. The van der Waals surface area contributed by atoms with Crippen molar-refractivity contribution in [2.24, 2.45) is 5.41 Å². The van der Waals surface area contributed by atoms with Gasteiger partial charge in [-0.25, -0.2) is 4.98 Å². The van der Waals surface area contributed by atoms with Crippen LogP contribution in [0, 0.1) is 5.41 Å². The molecule has 3 heterocycles. The summed E-state index contributed by atoms with van der Waals surface area (Å²) in [5.74, 6) is -0.0808. The molecule has 1 saturated heterocycles. The van der Waals surface area contributed by atoms with E-state index in [0.29, 0.717) is 18.7 Å². The summed E-state index contributed by atoms with van der Waals surface area (Å²) in [6.07, 6.45) is 5.46. The fourth-order valence-corrected chi connectivity index (χ4v) is 4.02. The monoisotopic (exact) mass is 390 g/mol. The van der Waals surface area contributed by atoms with Crippen molar-refractivity contribution in [1.29, 1.82) is 0 Å². The summed E-state index contributed by atoms with van der Waals surface area (Å²) in [6.45, 7) is 3.14. The highest BCUT2D eigenvalue weighted by molar-refractivity contribution is 6.07. The lowest BCUT2D eigenvalue weighted by Crippen LogP contribution is -2.47. The van der Waals surface area contributed by atoms with Crippen molar-refractivity contribution in [3.05, 3.63) is 60.4 Å². The van der Waals surface area contributed by atoms with Crippen LogP contribution in [0.5, 0.6) is 0 Å². The number of methoxy groups -OCH3 is 1. The lowest BCUT2D eigenvalue weighted by atomic mass is 9.79. The number of fused-ring (bicyclic) bond motifs is 1. The fourth-order valence-electron chi connectivity index (χ4n) is 4.02. The summed E-state index contributed by atoms with van der Waals surface area (Å²) in [5.41, 5.74) is 3.05. The summed E-state index contributed by atoms with van der Waals surface area (Å²) in [4.78, 5) is 22.1. The van der Waals surface area contributed by atoms with Crippen molar-refractivity contribution in [3.63, 3.8) is 0 Å². The number of pyridine rings is 2. The molecule has 1 aliphatic heterocycles. The second-order valence-corrected chi connectivity index (χ2v) is 7.68. The molecule has 3 aromatic rings. The Morgan fingerprint density at radius 1 is 1.21 bits per heavy atom. The molecule has 0 radical (unpaired) electrons. The number of rotatable bonds is 6. The molecule has 1 aromatic carbocycles. The molecule has 0 spiro atoms. The van der Waals surface area contributed by atoms with E-state index in [1.165, 1.54) is 0 Å². The third-order valence-electron chi connectivity index (χ3n) is 5.66. The minimum atomic E-state index is -0.0808. The Labute approximate surface area is 170 Å². The SMILES string of the molecule is COCC1(CNC(=O)c2cc(-c3cccnc3)nc3ccccc23)CCNCC1. The molecule has 1 fully saturated rings. The van der Waals surface area contributed by atoms with E-state index < -0.39 is 0 Å². The van der Waals surface area contributed by atoms with Gasteiger partial charge in [-0.1, -0.05) is 18.2 Å². The van der Waals surface area contributed by atoms with E-state index in [1.807, 2.05) is 42.5 Å². The Morgan fingerprint density at radius 2 is 2.03 bits per heavy atom. The van der Waals surface area contributed by atoms with Crippen LogP contribution < -0.4 is 10.6 Å². The van der Waals surface area contributed by atoms with Crippen LogP contribution in [-0.2, 0) is 4.74 Å². The van der Waals surface area contributed by atoms with Gasteiger partial charge in [-0.3, -0.25) is 9.78 Å². The second kappa shape index (κ2) is 8.68. The third kappa shape index (κ3) is 4.28. The van der Waals surface area contributed by atoms with Gasteiger partial charge in [0, 0.05) is 42.4 Å². The predicted octanol–water partition coefficient (Wildman–Crippen LogP) is 3.04. The average Bonchev–Trinajstić information content (AvgIpc) is 2.78. The van der Waals surface area contributed by atoms with E-state index in [-0.39, 0.29) is 11.3 Å². The first-order valence-corrected chi connectivity index (χ1v) is 9.99. The zero-order valence-electron chi connectivity index (χ0n) is 16.6. The quantitative estimate of drug-likeness (QED) is 0.677. The van der Waals surface area contributed by atoms with Gasteiger partial charge in [-0.2, -0.15) is 0 Å². The number of hydrogen-bond donors (Lipinski definition) is 2. The first-order valence-electron chi connectivity index (χ1n) is 9.99. The Kier molecular flexibility index (Phi) is 5.83. The number of aromatic nitrogens is 2. The standard InChI is InChI=1S/C23H26N4O2/c1-29-16-23(8-11-24-12-9-23)15-26-22(28)19-13-21(17-5-4-10-25-14-17)27-20-7-3-2-6-18(19)20/h2-7,10,13-14,24H,8-9,11-12,15-16H2,1H3,(H,26,28). The molecule has 6 heteroatoms. The van der Waals surface area contributed by atoms with Crippen molar-refractivity contribution in [1.82, 2.24) is 20.6 Å². The molecule has 150 valence electrons. The van der Waals surface area contributed by atoms with Crippen molar-refractivity contribution >= 4 is 16.8 Å². The summed E-state index contributed by atoms with van der Waals surface area (Å²) in [6, 6.07) is 13.4. The van der Waals surface area contributed by atoms with Crippen LogP contribution in [0.15, 0.2) is 54.9 Å². The van der Waals surface area contributed by atoms with Crippen LogP contribution in [-0.4, -0.2) is 49.2 Å². The van der Waals surface area contributed by atoms with Gasteiger partial charge in [0.25, 0.3) is 5.91 Å². The van der Waals surface area contributed by atoms with Gasteiger partial charge in [0.1, 0.15) is 0 Å². The second-order valence-electron chi connectivity index (χ2n) is 7.68. The van der Waals surface area contributed by atoms with Gasteiger partial charge in [-0.15, -0.1) is 0 Å². The first-order chi connectivity index (χ1) is 14.2. The van der Waals surface area contributed by atoms with Crippen molar-refractivity contribution in [3.8, 4) is 11.3 Å². The molecule has 1 aliphatic rings. The van der Waals surface area contributed by atoms with Gasteiger partial charge in [0.15, 0.2) is 0 Å². The number of para-hydroxylation sites is 1. The van der Waals surface area contributed by atoms with Gasteiger partial charge in [-0.05, 0) is 50.2 Å². The zero-order chi connectivity index (χ0) is 20.1. The number of piperidine rings is 1. The zero-order valence-corrected chi connectivity index (χ0v) is 16.6. The van der Waals surface area contributed by atoms with Crippen LogP contribution in [0.1, 0.15) is 23.2 Å². The summed E-state index contributed by atoms with van der Waals surface area (Å²) in [5, 5.41) is 7.41. The van der Waals surface area contributed by atoms with E-state index >= 15 is 0 Å². The molecule has 1 amide bonds. The number of carbonyl (C=O) groups excluding carboxylic acids is 1. The summed E-state index contributed by atoms with van der Waals surface area (Å²) < 4.78 is 5.47. The molecule has 2 N–H and O–H groups in total. The van der Waals surface area contributed by atoms with Gasteiger partial charge in [0.05, 0.1) is 23.4 Å². The Balaban J connectivity index is 1.64. The smallest absolute Gasteiger partial charge is 0.252 e. The maximum Gasteiger partial charge on any atom is 0.252 e. The molecular weight excluding hydrogens is 364 g/mol. The third-order valence-corrected chi connectivity index (χ3v) is 5.66. The maximum atomic E-state index is 13.2. The highest BCUT2D eigenvalue weighted by Crippen LogP contribution is 2.29. The maximum absolute atomic E-state index is 13.2. The van der Waals surface area contributed by atoms with Crippen molar-refractivity contribution in [2.75, 3.05) is 33.4 Å². The molecule has 6 nitrogen and oxygen atoms in total. The van der Waals surface area contributed by atoms with Crippen LogP contribution in [0.3, 0.4) is 0 Å². The normalized spacial score (nSPS) is 15.9. The van der Waals surface area contributed by atoms with Gasteiger partial charge < -0.3 is 15.4 Å². The first kappa shape index (κ1) is 19.5. The van der Waals surface area contributed by atoms with Crippen LogP contribution in [0.2, 0.25) is 0 Å². The number of hydrogen-bond acceptors (Lipinski definition) is 5. The van der Waals surface area contributed by atoms with Gasteiger partial charge in [0.2, 0.25) is 0 Å². The molecule has 29 heavy (non-hydrogen) atoms. The molecule has 2 aromatic heterocycles. The van der Waals surface area contributed by atoms with E-state index in [4.69, 9.17) is 9.72 Å². The number of carbonyl (C=O) groups is 1. The van der Waals surface area contributed by atoms with E-state index in [2.05, 4.69) is 15.6 Å². The van der Waals surface area contributed by atoms with Crippen LogP contribution >= 0.6 is 0 Å². The number of nitrogens with one attached hydrogen (secondary N) is 2. The molecule has 0 aliphatic carbocycles. The number of benzene rings is 1. The summed E-state index contributed by atoms with van der Waals surface area (Å²) >= 11 is 0. The van der Waals surface area contributed by atoms with Crippen molar-refractivity contribution in [2.45, 2.75) is 12.8 Å². The van der Waals surface area contributed by atoms with Crippen LogP contribution in [0.4, 0.5) is 0 Å². The highest BCUT2D eigenvalue weighted by Gasteiger charge is 2.32. The van der Waals surface area contributed by atoms with Gasteiger partial charge >= 0.3 is 0 Å². The minimum absolute atomic E-state index is 0.0231. The Bertz CT molecular complexity index is 979. The van der Waals surface area contributed by atoms with E-state index in [0.717, 1.165) is 48.1 Å². The highest BCUT2D eigenvalue weighted by atomic mass is 16.5. The molecule has 0 atom stereocenters. The van der Waals surface area contributed by atoms with E-state index in [9.17, 15) is 4.79 Å². The molecule has 4 rings (SSSR count). The Morgan fingerprint density at radius 3 is 2.79 bits per heavy atom. The average molecular weight is 390 g/mol.